The molecule has 116 valence electrons. The maximum Gasteiger partial charge on any atom is 0.160 e. The lowest BCUT2D eigenvalue weighted by atomic mass is 10.0. The standard InChI is InChI=1S/C17H19F2N3/c18-16-6-5-14(9-17(16)19)21-15-4-2-8-22(12-15)11-13-3-1-7-20-10-13/h1,3,5-7,9-10,15,21H,2,4,8,11-12H2/t15-/m1/s1. The molecule has 2 aromatic rings. The third-order valence-electron chi connectivity index (χ3n) is 3.92. The van der Waals surface area contributed by atoms with Crippen LogP contribution in [0.15, 0.2) is 42.7 Å². The molecule has 1 aromatic heterocycles. The summed E-state index contributed by atoms with van der Waals surface area (Å²) in [6, 6.07) is 8.22. The van der Waals surface area contributed by atoms with Gasteiger partial charge in [0.1, 0.15) is 0 Å². The van der Waals surface area contributed by atoms with Gasteiger partial charge >= 0.3 is 0 Å². The summed E-state index contributed by atoms with van der Waals surface area (Å²) in [7, 11) is 0. The molecule has 1 aliphatic heterocycles. The molecule has 0 bridgehead atoms. The minimum Gasteiger partial charge on any atom is -0.381 e. The number of halogens is 2. The first-order chi connectivity index (χ1) is 10.7. The number of aromatic nitrogens is 1. The van der Waals surface area contributed by atoms with E-state index in [1.807, 2.05) is 12.3 Å². The molecule has 3 nitrogen and oxygen atoms in total. The average molecular weight is 303 g/mol. The number of likely N-dealkylation sites (tertiary alicyclic amines) is 1. The minimum absolute atomic E-state index is 0.246. The highest BCUT2D eigenvalue weighted by Gasteiger charge is 2.20. The summed E-state index contributed by atoms with van der Waals surface area (Å²) in [5, 5.41) is 3.30. The van der Waals surface area contributed by atoms with Gasteiger partial charge < -0.3 is 5.32 Å². The van der Waals surface area contributed by atoms with Crippen molar-refractivity contribution in [3.8, 4) is 0 Å². The van der Waals surface area contributed by atoms with Gasteiger partial charge in [-0.2, -0.15) is 0 Å². The van der Waals surface area contributed by atoms with Gasteiger partial charge in [0.2, 0.25) is 0 Å². The summed E-state index contributed by atoms with van der Waals surface area (Å²) in [6.07, 6.45) is 5.77. The van der Waals surface area contributed by atoms with Crippen LogP contribution in [0.5, 0.6) is 0 Å². The maximum absolute atomic E-state index is 13.3. The van der Waals surface area contributed by atoms with Crippen LogP contribution in [0.4, 0.5) is 14.5 Å². The average Bonchev–Trinajstić information content (AvgIpc) is 2.52. The van der Waals surface area contributed by atoms with Crippen LogP contribution in [0.25, 0.3) is 0 Å². The van der Waals surface area contributed by atoms with Crippen molar-refractivity contribution in [3.05, 3.63) is 59.9 Å². The molecule has 5 heteroatoms. The number of rotatable bonds is 4. The Balaban J connectivity index is 1.59. The topological polar surface area (TPSA) is 28.2 Å². The molecule has 2 heterocycles. The predicted octanol–water partition coefficient (Wildman–Crippen LogP) is 3.44. The monoisotopic (exact) mass is 303 g/mol. The molecule has 22 heavy (non-hydrogen) atoms. The van der Waals surface area contributed by atoms with Crippen LogP contribution in [0.1, 0.15) is 18.4 Å². The zero-order valence-corrected chi connectivity index (χ0v) is 12.3. The zero-order chi connectivity index (χ0) is 15.4. The van der Waals surface area contributed by atoms with Gasteiger partial charge in [0.25, 0.3) is 0 Å². The van der Waals surface area contributed by atoms with Crippen LogP contribution in [-0.4, -0.2) is 29.0 Å². The Labute approximate surface area is 129 Å². The van der Waals surface area contributed by atoms with E-state index in [9.17, 15) is 8.78 Å². The molecule has 3 rings (SSSR count). The van der Waals surface area contributed by atoms with E-state index in [1.54, 1.807) is 12.3 Å². The smallest absolute Gasteiger partial charge is 0.160 e. The Hall–Kier alpha value is -2.01. The molecule has 1 saturated heterocycles. The highest BCUT2D eigenvalue weighted by atomic mass is 19.2. The van der Waals surface area contributed by atoms with Crippen molar-refractivity contribution in [2.45, 2.75) is 25.4 Å². The highest BCUT2D eigenvalue weighted by molar-refractivity contribution is 5.44. The van der Waals surface area contributed by atoms with E-state index in [1.165, 1.54) is 11.6 Å². The van der Waals surface area contributed by atoms with Crippen molar-refractivity contribution in [2.24, 2.45) is 0 Å². The molecular formula is C17H19F2N3. The molecule has 1 fully saturated rings. The van der Waals surface area contributed by atoms with Gasteiger partial charge in [-0.3, -0.25) is 9.88 Å². The van der Waals surface area contributed by atoms with Gasteiger partial charge in [-0.05, 0) is 43.1 Å². The fraction of sp³-hybridized carbons (Fsp3) is 0.353. The third kappa shape index (κ3) is 3.80. The maximum atomic E-state index is 13.3. The lowest BCUT2D eigenvalue weighted by Gasteiger charge is -2.33. The fourth-order valence-corrected chi connectivity index (χ4v) is 2.89. The summed E-state index contributed by atoms with van der Waals surface area (Å²) in [4.78, 5) is 6.49. The number of piperidine rings is 1. The van der Waals surface area contributed by atoms with Gasteiger partial charge in [0.05, 0.1) is 0 Å². The molecular weight excluding hydrogens is 284 g/mol. The highest BCUT2D eigenvalue weighted by Crippen LogP contribution is 2.19. The van der Waals surface area contributed by atoms with Crippen molar-refractivity contribution >= 4 is 5.69 Å². The first-order valence-electron chi connectivity index (χ1n) is 7.53. The Morgan fingerprint density at radius 1 is 1.23 bits per heavy atom. The van der Waals surface area contributed by atoms with E-state index < -0.39 is 11.6 Å². The van der Waals surface area contributed by atoms with Gasteiger partial charge in [-0.15, -0.1) is 0 Å². The summed E-state index contributed by atoms with van der Waals surface area (Å²) >= 11 is 0. The number of pyridine rings is 1. The number of anilines is 1. The van der Waals surface area contributed by atoms with Gasteiger partial charge in [0.15, 0.2) is 11.6 Å². The molecule has 0 amide bonds. The zero-order valence-electron chi connectivity index (χ0n) is 12.3. The summed E-state index contributed by atoms with van der Waals surface area (Å²) < 4.78 is 26.2. The Morgan fingerprint density at radius 2 is 2.14 bits per heavy atom. The summed E-state index contributed by atoms with van der Waals surface area (Å²) in [5.74, 6) is -1.62. The first-order valence-corrected chi connectivity index (χ1v) is 7.53. The quantitative estimate of drug-likeness (QED) is 0.938. The lowest BCUT2D eigenvalue weighted by Crippen LogP contribution is -2.41. The van der Waals surface area contributed by atoms with Gasteiger partial charge in [-0.1, -0.05) is 6.07 Å². The molecule has 0 aliphatic carbocycles. The van der Waals surface area contributed by atoms with E-state index in [0.29, 0.717) is 5.69 Å². The number of nitrogens with one attached hydrogen (secondary N) is 1. The second kappa shape index (κ2) is 6.83. The van der Waals surface area contributed by atoms with E-state index in [-0.39, 0.29) is 6.04 Å². The minimum atomic E-state index is -0.813. The number of nitrogens with zero attached hydrogens (tertiary/aromatic N) is 2. The molecule has 0 radical (unpaired) electrons. The van der Waals surface area contributed by atoms with E-state index in [4.69, 9.17) is 0 Å². The van der Waals surface area contributed by atoms with Crippen LogP contribution in [0.2, 0.25) is 0 Å². The molecule has 0 spiro atoms. The number of benzene rings is 1. The van der Waals surface area contributed by atoms with E-state index in [2.05, 4.69) is 21.3 Å². The third-order valence-corrected chi connectivity index (χ3v) is 3.92. The molecule has 1 aliphatic rings. The van der Waals surface area contributed by atoms with Gasteiger partial charge in [0, 0.05) is 43.3 Å². The van der Waals surface area contributed by atoms with Crippen molar-refractivity contribution in [1.29, 1.82) is 0 Å². The van der Waals surface area contributed by atoms with Crippen LogP contribution in [-0.2, 0) is 6.54 Å². The van der Waals surface area contributed by atoms with Crippen molar-refractivity contribution in [1.82, 2.24) is 9.88 Å². The lowest BCUT2D eigenvalue weighted by molar-refractivity contribution is 0.208. The van der Waals surface area contributed by atoms with Crippen molar-refractivity contribution in [3.63, 3.8) is 0 Å². The second-order valence-corrected chi connectivity index (χ2v) is 5.71. The number of hydrogen-bond acceptors (Lipinski definition) is 3. The molecule has 1 atom stereocenters. The Morgan fingerprint density at radius 3 is 2.91 bits per heavy atom. The first kappa shape index (κ1) is 14.9. The Kier molecular flexibility index (Phi) is 4.63. The van der Waals surface area contributed by atoms with Crippen LogP contribution >= 0.6 is 0 Å². The molecule has 0 saturated carbocycles. The largest absolute Gasteiger partial charge is 0.381 e. The van der Waals surface area contributed by atoms with Gasteiger partial charge in [-0.25, -0.2) is 8.78 Å². The normalized spacial score (nSPS) is 19.1. The van der Waals surface area contributed by atoms with Crippen LogP contribution in [0.3, 0.4) is 0 Å². The SMILES string of the molecule is Fc1ccc(N[C@@H]2CCCN(Cc3cccnc3)C2)cc1F. The summed E-state index contributed by atoms with van der Waals surface area (Å²) in [6.45, 7) is 2.79. The summed E-state index contributed by atoms with van der Waals surface area (Å²) in [5.41, 5.74) is 1.82. The van der Waals surface area contributed by atoms with Crippen LogP contribution in [0, 0.1) is 11.6 Å². The van der Waals surface area contributed by atoms with Crippen molar-refractivity contribution < 1.29 is 8.78 Å². The van der Waals surface area contributed by atoms with Crippen molar-refractivity contribution in [2.75, 3.05) is 18.4 Å². The number of hydrogen-bond donors (Lipinski definition) is 1. The molecule has 1 aromatic carbocycles. The fourth-order valence-electron chi connectivity index (χ4n) is 2.89. The van der Waals surface area contributed by atoms with Crippen LogP contribution < -0.4 is 5.32 Å². The van der Waals surface area contributed by atoms with E-state index >= 15 is 0 Å². The van der Waals surface area contributed by atoms with E-state index in [0.717, 1.165) is 38.5 Å². The second-order valence-electron chi connectivity index (χ2n) is 5.71. The molecule has 1 N–H and O–H groups in total. The predicted molar refractivity (Wildman–Crippen MR) is 82.5 cm³/mol. The Bertz CT molecular complexity index is 619. The molecule has 0 unspecified atom stereocenters.